The molecule has 3 aliphatic rings. The van der Waals surface area contributed by atoms with E-state index in [2.05, 4.69) is 16.5 Å². The first-order valence-electron chi connectivity index (χ1n) is 12.7. The summed E-state index contributed by atoms with van der Waals surface area (Å²) in [4.78, 5) is 25.5. The maximum Gasteiger partial charge on any atom is 0.314 e. The summed E-state index contributed by atoms with van der Waals surface area (Å²) in [6.45, 7) is 2.92. The number of nitrogens with two attached hydrogens (primary N) is 1. The third kappa shape index (κ3) is 6.74. The number of nitrogens with zero attached hydrogens (tertiary/aromatic N) is 2. The topological polar surface area (TPSA) is 99.7 Å². The Morgan fingerprint density at radius 1 is 1.28 bits per heavy atom. The third-order valence-corrected chi connectivity index (χ3v) is 7.56. The monoisotopic (exact) mass is 574 g/mol. The minimum Gasteiger partial charge on any atom is -0.484 e. The highest BCUT2D eigenvalue weighted by Crippen LogP contribution is 2.36. The van der Waals surface area contributed by atoms with Gasteiger partial charge in [-0.3, -0.25) is 4.79 Å². The molecule has 1 unspecified atom stereocenters. The Balaban J connectivity index is 1.42. The maximum atomic E-state index is 14.1. The molecule has 1 aliphatic carbocycles. The average Bonchev–Trinajstić information content (AvgIpc) is 3.35. The van der Waals surface area contributed by atoms with E-state index in [0.717, 1.165) is 24.0 Å². The minimum atomic E-state index is -0.638. The van der Waals surface area contributed by atoms with E-state index >= 15 is 0 Å². The number of allylic oxidation sites excluding steroid dienone is 6. The van der Waals surface area contributed by atoms with Crippen LogP contribution in [0.25, 0.3) is 0 Å². The third-order valence-electron chi connectivity index (χ3n) is 6.85. The van der Waals surface area contributed by atoms with Crippen LogP contribution >= 0.6 is 23.2 Å². The molecule has 0 saturated carbocycles. The summed E-state index contributed by atoms with van der Waals surface area (Å²) in [6.07, 6.45) is 11.1. The zero-order chi connectivity index (χ0) is 28.1. The van der Waals surface area contributed by atoms with E-state index in [1.165, 1.54) is 19.2 Å². The van der Waals surface area contributed by atoms with E-state index in [0.29, 0.717) is 41.6 Å². The number of rotatable bonds is 7. The van der Waals surface area contributed by atoms with Crippen LogP contribution in [0.5, 0.6) is 0 Å². The Hall–Kier alpha value is -3.52. The van der Waals surface area contributed by atoms with Crippen molar-refractivity contribution in [2.45, 2.75) is 38.3 Å². The van der Waals surface area contributed by atoms with Gasteiger partial charge in [0.05, 0.1) is 28.9 Å². The molecule has 3 amide bonds. The molecule has 1 aromatic rings. The van der Waals surface area contributed by atoms with Gasteiger partial charge in [0.2, 0.25) is 5.91 Å². The first-order chi connectivity index (χ1) is 18.7. The normalized spacial score (nSPS) is 18.3. The van der Waals surface area contributed by atoms with Crippen LogP contribution in [0.2, 0.25) is 10.0 Å². The van der Waals surface area contributed by atoms with Gasteiger partial charge in [0.15, 0.2) is 18.1 Å². The van der Waals surface area contributed by atoms with Crippen LogP contribution in [-0.2, 0) is 9.53 Å². The molecule has 1 fully saturated rings. The number of benzene rings is 1. The minimum absolute atomic E-state index is 0.0259. The molecule has 2 heterocycles. The quantitative estimate of drug-likeness (QED) is 0.333. The number of hydrogen-bond donors (Lipinski definition) is 3. The molecule has 2 aliphatic heterocycles. The van der Waals surface area contributed by atoms with Crippen LogP contribution in [-0.4, -0.2) is 60.0 Å². The number of halogens is 3. The molecular formula is C28H31Cl2FN5O3+. The smallest absolute Gasteiger partial charge is 0.314 e. The molecule has 0 radical (unpaired) electrons. The van der Waals surface area contributed by atoms with E-state index < -0.39 is 11.9 Å². The van der Waals surface area contributed by atoms with Crippen molar-refractivity contribution in [2.75, 3.05) is 26.7 Å². The van der Waals surface area contributed by atoms with Crippen molar-refractivity contribution in [1.29, 1.82) is 0 Å². The summed E-state index contributed by atoms with van der Waals surface area (Å²) < 4.78 is 22.3. The van der Waals surface area contributed by atoms with E-state index in [1.54, 1.807) is 11.8 Å². The lowest BCUT2D eigenvalue weighted by Gasteiger charge is -2.29. The van der Waals surface area contributed by atoms with E-state index in [9.17, 15) is 14.0 Å². The summed E-state index contributed by atoms with van der Waals surface area (Å²) in [5, 5.41) is 5.20. The second kappa shape index (κ2) is 12.6. The Morgan fingerprint density at radius 3 is 2.74 bits per heavy atom. The summed E-state index contributed by atoms with van der Waals surface area (Å²) in [7, 11) is 1.51. The fourth-order valence-corrected chi connectivity index (χ4v) is 5.31. The van der Waals surface area contributed by atoms with E-state index in [1.807, 2.05) is 35.1 Å². The van der Waals surface area contributed by atoms with Crippen molar-refractivity contribution in [3.63, 3.8) is 0 Å². The summed E-state index contributed by atoms with van der Waals surface area (Å²) in [6, 6.07) is 2.48. The molecule has 1 saturated heterocycles. The highest BCUT2D eigenvalue weighted by Gasteiger charge is 2.31. The Morgan fingerprint density at radius 2 is 2.03 bits per heavy atom. The zero-order valence-electron chi connectivity index (χ0n) is 21.8. The van der Waals surface area contributed by atoms with Crippen LogP contribution in [0.4, 0.5) is 9.18 Å². The molecule has 1 aromatic carbocycles. The Bertz CT molecular complexity index is 1350. The largest absolute Gasteiger partial charge is 0.484 e. The predicted octanol–water partition coefficient (Wildman–Crippen LogP) is 4.32. The molecule has 4 rings (SSSR count). The van der Waals surface area contributed by atoms with E-state index in [4.69, 9.17) is 33.7 Å². The van der Waals surface area contributed by atoms with Gasteiger partial charge in [-0.2, -0.15) is 4.58 Å². The standard InChI is InChI=1S/C28H30Cl2FN5O3/c1-17(26-21(29)6-7-22(31)27(26)30)39-24-14-18(4-3-5-23(24)32)19-8-11-36(16-19)20-9-12-35(13-10-20)25(37)15-34-28(38)33-2/h3-4,6-8,14,16-17,20H,5,9-10,12-13,15,32H2,1-2H3,(H-,33,34,38)/p+1. The Labute approximate surface area is 237 Å². The van der Waals surface area contributed by atoms with Crippen molar-refractivity contribution >= 4 is 41.0 Å². The molecule has 0 bridgehead atoms. The molecule has 206 valence electrons. The molecule has 0 spiro atoms. The number of carbonyl (C=O) groups excluding carboxylic acids is 2. The molecule has 0 aromatic heterocycles. The molecule has 4 N–H and O–H groups in total. The number of piperidine rings is 1. The summed E-state index contributed by atoms with van der Waals surface area (Å²) >= 11 is 12.5. The Kier molecular flexibility index (Phi) is 9.17. The van der Waals surface area contributed by atoms with E-state index in [-0.39, 0.29) is 29.5 Å². The lowest BCUT2D eigenvalue weighted by atomic mass is 10.0. The highest BCUT2D eigenvalue weighted by molar-refractivity contribution is 6.36. The van der Waals surface area contributed by atoms with Crippen molar-refractivity contribution < 1.29 is 23.3 Å². The van der Waals surface area contributed by atoms with Gasteiger partial charge in [0, 0.05) is 50.0 Å². The maximum absolute atomic E-state index is 14.1. The number of ether oxygens (including phenoxy) is 1. The predicted molar refractivity (Wildman–Crippen MR) is 149 cm³/mol. The summed E-state index contributed by atoms with van der Waals surface area (Å²) in [5.41, 5.74) is 9.02. The van der Waals surface area contributed by atoms with Crippen molar-refractivity contribution in [3.05, 3.63) is 86.7 Å². The molecule has 8 nitrogen and oxygen atoms in total. The summed E-state index contributed by atoms with van der Waals surface area (Å²) in [5.74, 6) is 3.10. The van der Waals surface area contributed by atoms with Crippen LogP contribution in [0.3, 0.4) is 0 Å². The van der Waals surface area contributed by atoms with Crippen molar-refractivity contribution in [2.24, 2.45) is 5.73 Å². The van der Waals surface area contributed by atoms with Crippen molar-refractivity contribution in [1.82, 2.24) is 15.5 Å². The first-order valence-corrected chi connectivity index (χ1v) is 13.4. The van der Waals surface area contributed by atoms with Gasteiger partial charge < -0.3 is 26.0 Å². The number of urea groups is 1. The highest BCUT2D eigenvalue weighted by atomic mass is 35.5. The van der Waals surface area contributed by atoms with Gasteiger partial charge in [-0.1, -0.05) is 35.4 Å². The molecule has 11 heteroatoms. The van der Waals surface area contributed by atoms with Gasteiger partial charge in [0.25, 0.3) is 0 Å². The molecular weight excluding hydrogens is 544 g/mol. The first kappa shape index (κ1) is 28.5. The van der Waals surface area contributed by atoms with Crippen LogP contribution in [0.1, 0.15) is 37.9 Å². The van der Waals surface area contributed by atoms with Gasteiger partial charge in [0.1, 0.15) is 17.7 Å². The lowest BCUT2D eigenvalue weighted by Crippen LogP contribution is -2.47. The molecule has 1 atom stereocenters. The lowest BCUT2D eigenvalue weighted by molar-refractivity contribution is -0.497. The number of carbonyl (C=O) groups is 2. The fraction of sp³-hybridized carbons (Fsp3) is 0.357. The van der Waals surface area contributed by atoms with Crippen LogP contribution in [0, 0.1) is 5.82 Å². The number of amides is 3. The SMILES string of the molecule is CNC(=O)NCC(=O)N1CCC([N+]2=C=CC(C3=CC(OC(C)c4c(Cl)ccc(F)c4Cl)=C(N)CC=C3)=C2)CC1. The van der Waals surface area contributed by atoms with Gasteiger partial charge in [-0.15, -0.1) is 0 Å². The van der Waals surface area contributed by atoms with Gasteiger partial charge >= 0.3 is 6.03 Å². The second-order valence-electron chi connectivity index (χ2n) is 9.42. The molecule has 39 heavy (non-hydrogen) atoms. The van der Waals surface area contributed by atoms with Gasteiger partial charge in [-0.25, -0.2) is 9.18 Å². The average molecular weight is 575 g/mol. The number of likely N-dealkylation sites (tertiary alicyclic amines) is 1. The van der Waals surface area contributed by atoms with Crippen LogP contribution in [0.15, 0.2) is 65.2 Å². The zero-order valence-corrected chi connectivity index (χ0v) is 23.3. The second-order valence-corrected chi connectivity index (χ2v) is 10.2. The van der Waals surface area contributed by atoms with Crippen LogP contribution < -0.4 is 16.4 Å². The number of nitrogens with one attached hydrogen (secondary N) is 2. The fourth-order valence-electron chi connectivity index (χ4n) is 4.64. The van der Waals surface area contributed by atoms with Crippen molar-refractivity contribution in [3.8, 4) is 0 Å². The number of hydrogen-bond acceptors (Lipinski definition) is 4. The van der Waals surface area contributed by atoms with Gasteiger partial charge in [-0.05, 0) is 30.7 Å².